The van der Waals surface area contributed by atoms with Gasteiger partial charge in [-0.05, 0) is 24.0 Å². The maximum atomic E-state index is 12.6. The number of fused-ring (bicyclic) bond motifs is 3. The number of Topliss-reactive ketones (excluding diaryl/α,β-unsaturated/α-hetero) is 1. The van der Waals surface area contributed by atoms with Gasteiger partial charge in [0.25, 0.3) is 5.69 Å². The number of nitro groups is 1. The topological polar surface area (TPSA) is 86.0 Å². The number of benzene rings is 1. The molecule has 0 aliphatic heterocycles. The van der Waals surface area contributed by atoms with E-state index < -0.39 is 10.3 Å². The van der Waals surface area contributed by atoms with E-state index in [9.17, 15) is 14.9 Å². The molecule has 22 heavy (non-hydrogen) atoms. The minimum Gasteiger partial charge on any atom is -0.298 e. The number of halogens is 1. The normalized spacial score (nSPS) is 22.0. The molecule has 1 aromatic heterocycles. The van der Waals surface area contributed by atoms with E-state index in [1.165, 1.54) is 12.4 Å². The van der Waals surface area contributed by atoms with Gasteiger partial charge in [0, 0.05) is 17.7 Å². The lowest BCUT2D eigenvalue weighted by atomic mass is 9.79. The molecule has 0 fully saturated rings. The van der Waals surface area contributed by atoms with Crippen molar-refractivity contribution in [1.82, 2.24) is 9.97 Å². The predicted molar refractivity (Wildman–Crippen MR) is 77.9 cm³/mol. The summed E-state index contributed by atoms with van der Waals surface area (Å²) in [6.45, 7) is 0. The molecule has 0 N–H and O–H groups in total. The van der Waals surface area contributed by atoms with Gasteiger partial charge < -0.3 is 0 Å². The first-order chi connectivity index (χ1) is 10.5. The molecule has 2 aliphatic carbocycles. The highest BCUT2D eigenvalue weighted by molar-refractivity contribution is 6.31. The summed E-state index contributed by atoms with van der Waals surface area (Å²) in [6.07, 6.45) is 2.52. The minimum absolute atomic E-state index is 0.0388. The van der Waals surface area contributed by atoms with Gasteiger partial charge in [-0.1, -0.05) is 17.7 Å². The number of ketones is 1. The van der Waals surface area contributed by atoms with Crippen LogP contribution >= 0.6 is 11.6 Å². The van der Waals surface area contributed by atoms with Crippen LogP contribution in [-0.2, 0) is 29.5 Å². The highest BCUT2D eigenvalue weighted by Gasteiger charge is 2.52. The van der Waals surface area contributed by atoms with E-state index in [1.807, 2.05) is 0 Å². The lowest BCUT2D eigenvalue weighted by Gasteiger charge is -2.22. The monoisotopic (exact) mass is 315 g/mol. The Morgan fingerprint density at radius 3 is 2.77 bits per heavy atom. The van der Waals surface area contributed by atoms with Crippen molar-refractivity contribution < 1.29 is 9.72 Å². The molecule has 0 amide bonds. The second-order valence-corrected chi connectivity index (χ2v) is 6.09. The second kappa shape index (κ2) is 4.33. The third-order valence-corrected chi connectivity index (χ3v) is 4.89. The quantitative estimate of drug-likeness (QED) is 0.457. The average molecular weight is 316 g/mol. The van der Waals surface area contributed by atoms with Crippen LogP contribution in [0.25, 0.3) is 0 Å². The van der Waals surface area contributed by atoms with Crippen LogP contribution in [0.2, 0.25) is 5.15 Å². The van der Waals surface area contributed by atoms with Crippen LogP contribution in [0.4, 0.5) is 5.69 Å². The Bertz CT molecular complexity index is 852. The average Bonchev–Trinajstić information content (AvgIpc) is 2.98. The second-order valence-electron chi connectivity index (χ2n) is 5.73. The van der Waals surface area contributed by atoms with E-state index in [2.05, 4.69) is 9.97 Å². The van der Waals surface area contributed by atoms with Gasteiger partial charge in [0.05, 0.1) is 22.5 Å². The molecule has 2 aromatic rings. The van der Waals surface area contributed by atoms with Crippen LogP contribution in [0.1, 0.15) is 22.4 Å². The van der Waals surface area contributed by atoms with Crippen LogP contribution in [-0.4, -0.2) is 20.7 Å². The zero-order valence-electron chi connectivity index (χ0n) is 11.4. The lowest BCUT2D eigenvalue weighted by Crippen LogP contribution is -2.33. The molecule has 1 atom stereocenters. The third kappa shape index (κ3) is 1.64. The van der Waals surface area contributed by atoms with Gasteiger partial charge in [0.15, 0.2) is 0 Å². The Labute approximate surface area is 130 Å². The molecule has 0 bridgehead atoms. The van der Waals surface area contributed by atoms with Crippen LogP contribution in [0.3, 0.4) is 0 Å². The number of nitrogens with zero attached hydrogens (tertiary/aromatic N) is 3. The van der Waals surface area contributed by atoms with Crippen molar-refractivity contribution in [2.45, 2.75) is 24.7 Å². The molecule has 2 aliphatic rings. The summed E-state index contributed by atoms with van der Waals surface area (Å²) in [7, 11) is 0. The first-order valence-electron chi connectivity index (χ1n) is 6.80. The minimum atomic E-state index is -0.759. The number of nitro benzene ring substituents is 1. The number of rotatable bonds is 1. The van der Waals surface area contributed by atoms with Gasteiger partial charge in [-0.3, -0.25) is 14.9 Å². The van der Waals surface area contributed by atoms with Gasteiger partial charge in [-0.25, -0.2) is 9.97 Å². The Hall–Kier alpha value is -2.34. The van der Waals surface area contributed by atoms with Crippen LogP contribution in [0.5, 0.6) is 0 Å². The molecular weight excluding hydrogens is 306 g/mol. The van der Waals surface area contributed by atoms with Gasteiger partial charge in [-0.2, -0.15) is 0 Å². The number of non-ortho nitro benzene ring substituents is 1. The zero-order chi connectivity index (χ0) is 15.5. The summed E-state index contributed by atoms with van der Waals surface area (Å²) in [5.74, 6) is 0.0590. The molecule has 6 nitrogen and oxygen atoms in total. The summed E-state index contributed by atoms with van der Waals surface area (Å²) in [4.78, 5) is 31.3. The molecule has 1 aromatic carbocycles. The van der Waals surface area contributed by atoms with E-state index in [0.29, 0.717) is 29.3 Å². The summed E-state index contributed by atoms with van der Waals surface area (Å²) >= 11 is 6.22. The third-order valence-electron chi connectivity index (χ3n) is 4.60. The van der Waals surface area contributed by atoms with E-state index in [1.54, 1.807) is 12.1 Å². The van der Waals surface area contributed by atoms with Gasteiger partial charge >= 0.3 is 0 Å². The van der Waals surface area contributed by atoms with Crippen molar-refractivity contribution in [3.05, 3.63) is 62.2 Å². The maximum absolute atomic E-state index is 12.6. The molecule has 4 rings (SSSR count). The number of hydrogen-bond acceptors (Lipinski definition) is 5. The number of hydrogen-bond donors (Lipinski definition) is 0. The Morgan fingerprint density at radius 2 is 2.00 bits per heavy atom. The fourth-order valence-corrected chi connectivity index (χ4v) is 3.95. The standard InChI is InChI=1S/C15H10ClN3O3/c16-14-13-11(17-7-18-14)4-12(20)15(13)5-8-1-2-10(19(21)22)3-9(8)6-15/h1-3,7H,4-6H2. The Balaban J connectivity index is 1.86. The van der Waals surface area contributed by atoms with Crippen molar-refractivity contribution >= 4 is 23.1 Å². The maximum Gasteiger partial charge on any atom is 0.269 e. The predicted octanol–water partition coefficient (Wildman–Crippen LogP) is 2.20. The van der Waals surface area contributed by atoms with Crippen molar-refractivity contribution in [1.29, 1.82) is 0 Å². The largest absolute Gasteiger partial charge is 0.298 e. The number of carbonyl (C=O) groups is 1. The number of carbonyl (C=O) groups excluding carboxylic acids is 1. The van der Waals surface area contributed by atoms with E-state index >= 15 is 0 Å². The summed E-state index contributed by atoms with van der Waals surface area (Å²) in [5, 5.41) is 11.2. The van der Waals surface area contributed by atoms with E-state index in [0.717, 1.165) is 11.1 Å². The Morgan fingerprint density at radius 1 is 1.23 bits per heavy atom. The van der Waals surface area contributed by atoms with Crippen LogP contribution in [0, 0.1) is 10.1 Å². The molecular formula is C15H10ClN3O3. The molecule has 1 spiro atoms. The van der Waals surface area contributed by atoms with Crippen molar-refractivity contribution in [2.75, 3.05) is 0 Å². The molecule has 1 heterocycles. The SMILES string of the molecule is O=C1Cc2ncnc(Cl)c2C12Cc1ccc([N+](=O)[O-])cc1C2. The first kappa shape index (κ1) is 13.3. The van der Waals surface area contributed by atoms with E-state index in [-0.39, 0.29) is 17.9 Å². The Kier molecular flexibility index (Phi) is 2.62. The molecule has 0 saturated heterocycles. The number of aromatic nitrogens is 2. The summed E-state index contributed by atoms with van der Waals surface area (Å²) in [6, 6.07) is 4.75. The fraction of sp³-hybridized carbons (Fsp3) is 0.267. The van der Waals surface area contributed by atoms with Crippen molar-refractivity contribution in [2.24, 2.45) is 0 Å². The smallest absolute Gasteiger partial charge is 0.269 e. The molecule has 110 valence electrons. The van der Waals surface area contributed by atoms with Gasteiger partial charge in [0.2, 0.25) is 0 Å². The van der Waals surface area contributed by atoms with Crippen molar-refractivity contribution in [3.63, 3.8) is 0 Å². The van der Waals surface area contributed by atoms with Crippen molar-refractivity contribution in [3.8, 4) is 0 Å². The highest BCUT2D eigenvalue weighted by atomic mass is 35.5. The van der Waals surface area contributed by atoms with E-state index in [4.69, 9.17) is 11.6 Å². The zero-order valence-corrected chi connectivity index (χ0v) is 12.1. The van der Waals surface area contributed by atoms with Crippen LogP contribution < -0.4 is 0 Å². The molecule has 0 saturated carbocycles. The lowest BCUT2D eigenvalue weighted by molar-refractivity contribution is -0.384. The van der Waals surface area contributed by atoms with Crippen LogP contribution in [0.15, 0.2) is 24.5 Å². The first-order valence-corrected chi connectivity index (χ1v) is 7.18. The summed E-state index contributed by atoms with van der Waals surface area (Å²) in [5.41, 5.74) is 2.43. The highest BCUT2D eigenvalue weighted by Crippen LogP contribution is 2.48. The molecule has 0 radical (unpaired) electrons. The molecule has 7 heteroatoms. The van der Waals surface area contributed by atoms with Gasteiger partial charge in [-0.15, -0.1) is 0 Å². The fourth-order valence-electron chi connectivity index (χ4n) is 3.62. The van der Waals surface area contributed by atoms with Gasteiger partial charge in [0.1, 0.15) is 17.3 Å². The summed E-state index contributed by atoms with van der Waals surface area (Å²) < 4.78 is 0. The molecule has 1 unspecified atom stereocenters.